The van der Waals surface area contributed by atoms with Gasteiger partial charge in [0.05, 0.1) is 36.6 Å². The molecule has 0 amide bonds. The predicted octanol–water partition coefficient (Wildman–Crippen LogP) is 2.39. The summed E-state index contributed by atoms with van der Waals surface area (Å²) in [6.07, 6.45) is 11.2. The van der Waals surface area contributed by atoms with Crippen molar-refractivity contribution in [2.24, 2.45) is 24.3 Å². The number of halogens is 4. The van der Waals surface area contributed by atoms with Gasteiger partial charge in [-0.1, -0.05) is 47.5 Å². The third-order valence-corrected chi connectivity index (χ3v) is 7.41. The van der Waals surface area contributed by atoms with Gasteiger partial charge >= 0.3 is 0 Å². The first-order valence-corrected chi connectivity index (χ1v) is 13.8. The van der Waals surface area contributed by atoms with Gasteiger partial charge in [0.15, 0.2) is 11.4 Å². The lowest BCUT2D eigenvalue weighted by Gasteiger charge is -2.02. The Morgan fingerprint density at radius 2 is 1.05 bits per heavy atom. The summed E-state index contributed by atoms with van der Waals surface area (Å²) in [5, 5.41) is 17.7. The molecule has 4 heterocycles. The molecule has 2 aromatic carbocycles. The highest BCUT2D eigenvalue weighted by molar-refractivity contribution is 6.30. The van der Waals surface area contributed by atoms with E-state index in [2.05, 4.69) is 42.6 Å². The molecule has 0 fully saturated rings. The molecule has 0 unspecified atom stereocenters. The van der Waals surface area contributed by atoms with Crippen LogP contribution < -0.4 is 32.4 Å². The molecule has 0 atom stereocenters. The smallest absolute Gasteiger partial charge is 0.286 e. The van der Waals surface area contributed by atoms with Gasteiger partial charge in [-0.05, 0) is 47.5 Å². The fourth-order valence-electron chi connectivity index (χ4n) is 4.81. The van der Waals surface area contributed by atoms with E-state index < -0.39 is 0 Å². The second-order valence-electron chi connectivity index (χ2n) is 9.73. The molecule has 4 aromatic heterocycles. The van der Waals surface area contributed by atoms with Gasteiger partial charge in [0, 0.05) is 23.3 Å². The molecule has 44 heavy (non-hydrogen) atoms. The number of hydrazone groups is 2. The van der Waals surface area contributed by atoms with E-state index in [0.717, 1.165) is 44.9 Å². The highest BCUT2D eigenvalue weighted by Crippen LogP contribution is 2.20. The van der Waals surface area contributed by atoms with E-state index >= 15 is 0 Å². The number of rotatable bonds is 6. The Labute approximate surface area is 276 Å². The summed E-state index contributed by atoms with van der Waals surface area (Å²) in [5.74, 6) is -0.0480. The molecule has 0 bridgehead atoms. The molecule has 6 rings (SSSR count). The minimum atomic E-state index is -0.0480. The zero-order valence-electron chi connectivity index (χ0n) is 23.6. The molecule has 3 N–H and O–H groups in total. The van der Waals surface area contributed by atoms with E-state index in [1.165, 1.54) is 0 Å². The molecular weight excluding hydrogens is 640 g/mol. The van der Waals surface area contributed by atoms with Gasteiger partial charge in [0.25, 0.3) is 11.3 Å². The van der Waals surface area contributed by atoms with Crippen molar-refractivity contribution in [1.82, 2.24) is 19.7 Å². The van der Waals surface area contributed by atoms with Crippen LogP contribution in [0.15, 0.2) is 108 Å². The molecule has 0 aliphatic rings. The van der Waals surface area contributed by atoms with Gasteiger partial charge < -0.3 is 12.4 Å². The van der Waals surface area contributed by atoms with Crippen molar-refractivity contribution in [3.05, 3.63) is 119 Å². The van der Waals surface area contributed by atoms with Gasteiger partial charge in [-0.15, -0.1) is 12.4 Å². The van der Waals surface area contributed by atoms with Crippen molar-refractivity contribution in [3.63, 3.8) is 0 Å². The molecule has 0 radical (unpaired) electrons. The van der Waals surface area contributed by atoms with Crippen molar-refractivity contribution in [1.29, 1.82) is 5.41 Å². The second kappa shape index (κ2) is 13.9. The third-order valence-electron chi connectivity index (χ3n) is 6.96. The van der Waals surface area contributed by atoms with Crippen molar-refractivity contribution in [3.8, 4) is 22.5 Å². The minimum absolute atomic E-state index is 0. The van der Waals surface area contributed by atoms with Crippen LogP contribution in [0.1, 0.15) is 11.1 Å². The Hall–Kier alpha value is -4.41. The Balaban J connectivity index is 0.00000221. The maximum Gasteiger partial charge on any atom is 0.286 e. The molecule has 0 aliphatic heterocycles. The van der Waals surface area contributed by atoms with Gasteiger partial charge in [-0.3, -0.25) is 5.41 Å². The van der Waals surface area contributed by atoms with E-state index in [-0.39, 0.29) is 30.8 Å². The fourth-order valence-corrected chi connectivity index (χ4v) is 5.15. The largest absolute Gasteiger partial charge is 1.00 e. The van der Waals surface area contributed by atoms with Gasteiger partial charge in [0.1, 0.15) is 24.8 Å². The highest BCUT2D eigenvalue weighted by atomic mass is 35.5. The number of nitrogens with one attached hydrogen (secondary N) is 3. The molecule has 9 nitrogen and oxygen atoms in total. The molecule has 0 spiro atoms. The van der Waals surface area contributed by atoms with Gasteiger partial charge in [0.2, 0.25) is 5.96 Å². The lowest BCUT2D eigenvalue weighted by molar-refractivity contribution is -0.633. The number of imidazole rings is 2. The van der Waals surface area contributed by atoms with Crippen LogP contribution in [-0.4, -0.2) is 27.2 Å². The Kier molecular flexibility index (Phi) is 10.3. The van der Waals surface area contributed by atoms with Crippen molar-refractivity contribution in [2.75, 3.05) is 0 Å². The van der Waals surface area contributed by atoms with Crippen LogP contribution in [-0.2, 0) is 14.1 Å². The Bertz CT molecular complexity index is 1850. The summed E-state index contributed by atoms with van der Waals surface area (Å²) >= 11 is 12.3. The number of fused-ring (bicyclic) bond motifs is 2. The number of benzene rings is 2. The SMILES string of the molecule is C[n+]1c(-c2ccc(/C=N/NC(=N)N/N=C/c3ccc(-c4cn5cc(Cl)ccc5[n+]4C)cc3)cc2)cn2cc(Cl)ccc21.Cl.[Cl-]. The van der Waals surface area contributed by atoms with Crippen LogP contribution in [0.3, 0.4) is 0 Å². The van der Waals surface area contributed by atoms with Crippen LogP contribution in [0.2, 0.25) is 10.0 Å². The van der Waals surface area contributed by atoms with Gasteiger partial charge in [-0.2, -0.15) is 10.2 Å². The van der Waals surface area contributed by atoms with Crippen LogP contribution in [0.5, 0.6) is 0 Å². The second-order valence-corrected chi connectivity index (χ2v) is 10.6. The van der Waals surface area contributed by atoms with Crippen LogP contribution in [0, 0.1) is 5.41 Å². The van der Waals surface area contributed by atoms with Crippen molar-refractivity contribution in [2.45, 2.75) is 0 Å². The Morgan fingerprint density at radius 3 is 1.43 bits per heavy atom. The fraction of sp³-hybridized carbons (Fsp3) is 0.0645. The van der Waals surface area contributed by atoms with Crippen LogP contribution >= 0.6 is 35.6 Å². The lowest BCUT2D eigenvalue weighted by atomic mass is 10.1. The standard InChI is InChI=1S/C31H27Cl2N9.2ClH/c1-39-27(19-41-17-25(32)11-13-29(39)41)23-7-3-21(4-8-23)15-35-37-31(34)38-36-16-22-5-9-24(10-6-22)28-20-42-18-26(33)12-14-30(42)40(28)2;;/h3-20H,1-2H3,(H3,34,37,38);2*1H/q+2;;/p-1/b35-15+,36-16+;;. The summed E-state index contributed by atoms with van der Waals surface area (Å²) in [7, 11) is 4.05. The van der Waals surface area contributed by atoms with Crippen molar-refractivity contribution >= 4 is 65.3 Å². The highest BCUT2D eigenvalue weighted by Gasteiger charge is 2.17. The Morgan fingerprint density at radius 1 is 0.659 bits per heavy atom. The topological polar surface area (TPSA) is 89.2 Å². The number of guanidine groups is 1. The predicted molar refractivity (Wildman–Crippen MR) is 174 cm³/mol. The molecule has 0 saturated carbocycles. The maximum atomic E-state index is 8.02. The first-order chi connectivity index (χ1) is 20.4. The zero-order chi connectivity index (χ0) is 29.2. The van der Waals surface area contributed by atoms with Gasteiger partial charge in [-0.25, -0.2) is 28.8 Å². The number of pyridine rings is 2. The van der Waals surface area contributed by atoms with E-state index in [1.54, 1.807) is 12.4 Å². The molecule has 224 valence electrons. The van der Waals surface area contributed by atoms with E-state index in [0.29, 0.717) is 10.0 Å². The number of hydrogen-bond acceptors (Lipinski definition) is 3. The average Bonchev–Trinajstić information content (AvgIpc) is 3.49. The quantitative estimate of drug-likeness (QED) is 0.110. The zero-order valence-corrected chi connectivity index (χ0v) is 26.7. The van der Waals surface area contributed by atoms with Crippen LogP contribution in [0.25, 0.3) is 33.8 Å². The molecular formula is C31H28Cl4N9+. The van der Waals surface area contributed by atoms with Crippen LogP contribution in [0.4, 0.5) is 0 Å². The number of aryl methyl sites for hydroxylation is 2. The molecule has 0 saturated heterocycles. The average molecular weight is 668 g/mol. The minimum Gasteiger partial charge on any atom is -1.00 e. The number of nitrogens with zero attached hydrogens (tertiary/aromatic N) is 6. The number of hydrogen-bond donors (Lipinski definition) is 3. The summed E-state index contributed by atoms with van der Waals surface area (Å²) < 4.78 is 8.25. The summed E-state index contributed by atoms with van der Waals surface area (Å²) in [5.41, 5.74) is 13.4. The first-order valence-electron chi connectivity index (χ1n) is 13.1. The summed E-state index contributed by atoms with van der Waals surface area (Å²) in [4.78, 5) is 0. The van der Waals surface area contributed by atoms with E-state index in [1.807, 2.05) is 108 Å². The third kappa shape index (κ3) is 6.87. The lowest BCUT2D eigenvalue weighted by Crippen LogP contribution is -3.00. The molecule has 6 aromatic rings. The maximum absolute atomic E-state index is 8.02. The van der Waals surface area contributed by atoms with E-state index in [9.17, 15) is 0 Å². The first kappa shape index (κ1) is 32.5. The molecule has 0 aliphatic carbocycles. The summed E-state index contributed by atoms with van der Waals surface area (Å²) in [6, 6.07) is 23.8. The number of aromatic nitrogens is 4. The monoisotopic (exact) mass is 666 g/mol. The van der Waals surface area contributed by atoms with E-state index in [4.69, 9.17) is 28.6 Å². The normalized spacial score (nSPS) is 11.2. The molecule has 13 heteroatoms. The van der Waals surface area contributed by atoms with Crippen molar-refractivity contribution < 1.29 is 21.5 Å². The summed E-state index contributed by atoms with van der Waals surface area (Å²) in [6.45, 7) is 0.